The van der Waals surface area contributed by atoms with Gasteiger partial charge in [0.1, 0.15) is 12.4 Å². The number of para-hydroxylation sites is 1. The molecule has 0 bridgehead atoms. The smallest absolute Gasteiger partial charge is 0.193 e. The van der Waals surface area contributed by atoms with E-state index in [1.165, 1.54) is 5.69 Å². The molecule has 6 nitrogen and oxygen atoms in total. The molecule has 0 saturated heterocycles. The van der Waals surface area contributed by atoms with Gasteiger partial charge < -0.3 is 15.0 Å². The molecule has 0 aliphatic heterocycles. The van der Waals surface area contributed by atoms with E-state index in [9.17, 15) is 0 Å². The molecule has 1 N–H and O–H groups in total. The van der Waals surface area contributed by atoms with Crippen molar-refractivity contribution in [2.24, 2.45) is 4.99 Å². The van der Waals surface area contributed by atoms with Crippen molar-refractivity contribution >= 4 is 29.9 Å². The lowest BCUT2D eigenvalue weighted by Gasteiger charge is -2.22. The highest BCUT2D eigenvalue weighted by Gasteiger charge is 2.06. The quantitative estimate of drug-likeness (QED) is 0.256. The summed E-state index contributed by atoms with van der Waals surface area (Å²) in [4.78, 5) is 6.83. The van der Waals surface area contributed by atoms with Crippen LogP contribution in [0.1, 0.15) is 24.7 Å². The molecule has 0 saturated carbocycles. The van der Waals surface area contributed by atoms with Crippen molar-refractivity contribution in [2.45, 2.75) is 33.7 Å². The molecule has 0 aliphatic carbocycles. The van der Waals surface area contributed by atoms with E-state index in [1.807, 2.05) is 44.3 Å². The molecule has 7 heteroatoms. The monoisotopic (exact) mass is 485 g/mol. The SMILES string of the molecule is CCNC(=NCCCn1nc(C)cc1C)N(C)CCOc1ccccc1.I. The van der Waals surface area contributed by atoms with Crippen LogP contribution >= 0.6 is 24.0 Å². The lowest BCUT2D eigenvalue weighted by atomic mass is 10.3. The average Bonchev–Trinajstić information content (AvgIpc) is 2.95. The van der Waals surface area contributed by atoms with Gasteiger partial charge in [-0.25, -0.2) is 0 Å². The second-order valence-corrected chi connectivity index (χ2v) is 6.32. The minimum absolute atomic E-state index is 0. The van der Waals surface area contributed by atoms with Crippen molar-refractivity contribution in [1.29, 1.82) is 0 Å². The zero-order valence-corrected chi connectivity index (χ0v) is 19.1. The Hall–Kier alpha value is -1.77. The number of halogens is 1. The number of aromatic nitrogens is 2. The van der Waals surface area contributed by atoms with Gasteiger partial charge in [-0.15, -0.1) is 24.0 Å². The molecule has 2 aromatic rings. The molecule has 0 radical (unpaired) electrons. The van der Waals surface area contributed by atoms with E-state index in [1.54, 1.807) is 0 Å². The summed E-state index contributed by atoms with van der Waals surface area (Å²) in [5, 5.41) is 7.84. The largest absolute Gasteiger partial charge is 0.492 e. The number of rotatable bonds is 9. The Kier molecular flexibility index (Phi) is 10.8. The summed E-state index contributed by atoms with van der Waals surface area (Å²) in [7, 11) is 2.04. The van der Waals surface area contributed by atoms with Crippen LogP contribution in [0.25, 0.3) is 0 Å². The topological polar surface area (TPSA) is 54.7 Å². The lowest BCUT2D eigenvalue weighted by Crippen LogP contribution is -2.41. The second kappa shape index (κ2) is 12.6. The molecule has 0 unspecified atom stereocenters. The van der Waals surface area contributed by atoms with Crippen LogP contribution in [0.15, 0.2) is 41.4 Å². The summed E-state index contributed by atoms with van der Waals surface area (Å²) < 4.78 is 7.82. The van der Waals surface area contributed by atoms with E-state index in [0.717, 1.165) is 50.0 Å². The first-order valence-corrected chi connectivity index (χ1v) is 9.28. The molecule has 0 fully saturated rings. The first-order chi connectivity index (χ1) is 12.6. The maximum atomic E-state index is 5.77. The molecule has 1 aromatic carbocycles. The van der Waals surface area contributed by atoms with Crippen LogP contribution in [0.5, 0.6) is 5.75 Å². The van der Waals surface area contributed by atoms with Crippen LogP contribution in [-0.4, -0.2) is 53.9 Å². The highest BCUT2D eigenvalue weighted by molar-refractivity contribution is 14.0. The van der Waals surface area contributed by atoms with Crippen LogP contribution in [0.4, 0.5) is 0 Å². The zero-order chi connectivity index (χ0) is 18.8. The maximum absolute atomic E-state index is 5.77. The van der Waals surface area contributed by atoms with E-state index < -0.39 is 0 Å². The van der Waals surface area contributed by atoms with Crippen LogP contribution in [0.3, 0.4) is 0 Å². The summed E-state index contributed by atoms with van der Waals surface area (Å²) in [6.45, 7) is 10.1. The van der Waals surface area contributed by atoms with E-state index in [-0.39, 0.29) is 24.0 Å². The Labute approximate surface area is 180 Å². The van der Waals surface area contributed by atoms with E-state index >= 15 is 0 Å². The zero-order valence-electron chi connectivity index (χ0n) is 16.8. The number of ether oxygens (including phenoxy) is 1. The number of nitrogens with one attached hydrogen (secondary N) is 1. The van der Waals surface area contributed by atoms with Gasteiger partial charge in [-0.05, 0) is 45.4 Å². The van der Waals surface area contributed by atoms with Crippen molar-refractivity contribution in [1.82, 2.24) is 20.0 Å². The van der Waals surface area contributed by atoms with Crippen molar-refractivity contribution in [3.63, 3.8) is 0 Å². The summed E-state index contributed by atoms with van der Waals surface area (Å²) in [6.07, 6.45) is 0.964. The highest BCUT2D eigenvalue weighted by Crippen LogP contribution is 2.08. The predicted octanol–water partition coefficient (Wildman–Crippen LogP) is 3.48. The molecule has 0 spiro atoms. The van der Waals surface area contributed by atoms with E-state index in [0.29, 0.717) is 6.61 Å². The number of nitrogens with zero attached hydrogens (tertiary/aromatic N) is 4. The fraction of sp³-hybridized carbons (Fsp3) is 0.500. The normalized spacial score (nSPS) is 11.0. The molecule has 1 heterocycles. The van der Waals surface area contributed by atoms with Crippen molar-refractivity contribution in [3.05, 3.63) is 47.8 Å². The van der Waals surface area contributed by atoms with E-state index in [4.69, 9.17) is 9.73 Å². The van der Waals surface area contributed by atoms with Gasteiger partial charge in [0.2, 0.25) is 0 Å². The van der Waals surface area contributed by atoms with Gasteiger partial charge in [-0.2, -0.15) is 5.10 Å². The van der Waals surface area contributed by atoms with Gasteiger partial charge in [0.05, 0.1) is 12.2 Å². The number of guanidine groups is 1. The molecule has 2 rings (SSSR count). The van der Waals surface area contributed by atoms with Gasteiger partial charge in [0, 0.05) is 32.4 Å². The third-order valence-electron chi connectivity index (χ3n) is 4.03. The first-order valence-electron chi connectivity index (χ1n) is 9.28. The standard InChI is InChI=1S/C20H31N5O.HI/c1-5-21-20(22-12-9-13-25-18(3)16-17(2)23-25)24(4)14-15-26-19-10-7-6-8-11-19;/h6-8,10-11,16H,5,9,12-15H2,1-4H3,(H,21,22);1H. The van der Waals surface area contributed by atoms with E-state index in [2.05, 4.69) is 39.9 Å². The number of hydrogen-bond donors (Lipinski definition) is 1. The third-order valence-corrected chi connectivity index (χ3v) is 4.03. The van der Waals surface area contributed by atoms with Gasteiger partial charge >= 0.3 is 0 Å². The summed E-state index contributed by atoms with van der Waals surface area (Å²) >= 11 is 0. The molecule has 0 amide bonds. The van der Waals surface area contributed by atoms with Crippen molar-refractivity contribution < 1.29 is 4.74 Å². The molecular formula is C20H32IN5O. The van der Waals surface area contributed by atoms with Gasteiger partial charge in [-0.3, -0.25) is 9.67 Å². The molecular weight excluding hydrogens is 453 g/mol. The minimum Gasteiger partial charge on any atom is -0.492 e. The molecule has 0 atom stereocenters. The second-order valence-electron chi connectivity index (χ2n) is 6.32. The summed E-state index contributed by atoms with van der Waals surface area (Å²) in [5.41, 5.74) is 2.27. The van der Waals surface area contributed by atoms with Gasteiger partial charge in [0.25, 0.3) is 0 Å². The third kappa shape index (κ3) is 8.19. The van der Waals surface area contributed by atoms with Gasteiger partial charge in [0.15, 0.2) is 5.96 Å². The Morgan fingerprint density at radius 1 is 1.26 bits per heavy atom. The Balaban J connectivity index is 0.00000364. The van der Waals surface area contributed by atoms with Crippen LogP contribution in [-0.2, 0) is 6.54 Å². The predicted molar refractivity (Wildman–Crippen MR) is 122 cm³/mol. The van der Waals surface area contributed by atoms with Crippen LogP contribution < -0.4 is 10.1 Å². The maximum Gasteiger partial charge on any atom is 0.193 e. The molecule has 0 aliphatic rings. The van der Waals surface area contributed by atoms with Crippen LogP contribution in [0.2, 0.25) is 0 Å². The lowest BCUT2D eigenvalue weighted by molar-refractivity contribution is 0.281. The fourth-order valence-electron chi connectivity index (χ4n) is 2.70. The number of hydrogen-bond acceptors (Lipinski definition) is 3. The number of aliphatic imine (C=N–C) groups is 1. The highest BCUT2D eigenvalue weighted by atomic mass is 127. The number of benzene rings is 1. The minimum atomic E-state index is 0. The van der Waals surface area contributed by atoms with Crippen LogP contribution in [0, 0.1) is 13.8 Å². The molecule has 1 aromatic heterocycles. The molecule has 27 heavy (non-hydrogen) atoms. The summed E-state index contributed by atoms with van der Waals surface area (Å²) in [5.74, 6) is 1.81. The van der Waals surface area contributed by atoms with Crippen molar-refractivity contribution in [3.8, 4) is 5.75 Å². The number of likely N-dealkylation sites (N-methyl/N-ethyl adjacent to an activating group) is 1. The van der Waals surface area contributed by atoms with Gasteiger partial charge in [-0.1, -0.05) is 18.2 Å². The first kappa shape index (κ1) is 23.3. The summed E-state index contributed by atoms with van der Waals surface area (Å²) in [6, 6.07) is 12.0. The average molecular weight is 485 g/mol. The molecule has 150 valence electrons. The fourth-order valence-corrected chi connectivity index (χ4v) is 2.70. The Morgan fingerprint density at radius 3 is 2.63 bits per heavy atom. The Morgan fingerprint density at radius 2 is 2.00 bits per heavy atom. The Bertz CT molecular complexity index is 687. The number of aryl methyl sites for hydroxylation is 3. The van der Waals surface area contributed by atoms with Crippen molar-refractivity contribution in [2.75, 3.05) is 33.3 Å².